The zero-order chi connectivity index (χ0) is 15.1. The SMILES string of the molecule is CCc1nc2c(c3c1CCCC3)C(=S)N(c1ccccc1)C2. The Balaban J connectivity index is 1.84. The first-order valence-corrected chi connectivity index (χ1v) is 8.61. The molecule has 112 valence electrons. The minimum Gasteiger partial charge on any atom is -0.326 e. The predicted molar refractivity (Wildman–Crippen MR) is 94.6 cm³/mol. The number of hydrogen-bond acceptors (Lipinski definition) is 2. The van der Waals surface area contributed by atoms with E-state index in [0.29, 0.717) is 0 Å². The molecule has 0 amide bonds. The average molecular weight is 308 g/mol. The fourth-order valence-corrected chi connectivity index (χ4v) is 4.20. The second-order valence-corrected chi connectivity index (χ2v) is 6.51. The maximum atomic E-state index is 5.83. The number of anilines is 1. The molecular weight excluding hydrogens is 288 g/mol. The highest BCUT2D eigenvalue weighted by Gasteiger charge is 2.32. The van der Waals surface area contributed by atoms with Crippen molar-refractivity contribution in [2.75, 3.05) is 4.90 Å². The second-order valence-electron chi connectivity index (χ2n) is 6.12. The van der Waals surface area contributed by atoms with Crippen molar-refractivity contribution in [2.45, 2.75) is 45.6 Å². The number of pyridine rings is 1. The molecule has 22 heavy (non-hydrogen) atoms. The monoisotopic (exact) mass is 308 g/mol. The Morgan fingerprint density at radius 3 is 2.55 bits per heavy atom. The van der Waals surface area contributed by atoms with Crippen LogP contribution < -0.4 is 4.90 Å². The smallest absolute Gasteiger partial charge is 0.116 e. The van der Waals surface area contributed by atoms with E-state index in [1.807, 2.05) is 6.07 Å². The molecule has 1 aliphatic heterocycles. The Hall–Kier alpha value is -1.74. The van der Waals surface area contributed by atoms with Gasteiger partial charge in [-0.2, -0.15) is 0 Å². The number of nitrogens with zero attached hydrogens (tertiary/aromatic N) is 2. The minimum absolute atomic E-state index is 0.818. The van der Waals surface area contributed by atoms with E-state index in [4.69, 9.17) is 17.2 Å². The van der Waals surface area contributed by atoms with E-state index in [0.717, 1.165) is 24.4 Å². The second kappa shape index (κ2) is 5.47. The third kappa shape index (κ3) is 2.07. The number of para-hydroxylation sites is 1. The van der Waals surface area contributed by atoms with Crippen molar-refractivity contribution < 1.29 is 0 Å². The van der Waals surface area contributed by atoms with Crippen LogP contribution >= 0.6 is 12.2 Å². The summed E-state index contributed by atoms with van der Waals surface area (Å²) in [6.07, 6.45) is 5.92. The quantitative estimate of drug-likeness (QED) is 0.773. The Labute approximate surface area is 137 Å². The van der Waals surface area contributed by atoms with Gasteiger partial charge in [0.05, 0.1) is 12.2 Å². The summed E-state index contributed by atoms with van der Waals surface area (Å²) in [5.74, 6) is 0. The molecule has 0 N–H and O–H groups in total. The number of fused-ring (bicyclic) bond motifs is 3. The Morgan fingerprint density at radius 2 is 1.82 bits per heavy atom. The highest BCUT2D eigenvalue weighted by Crippen LogP contribution is 2.35. The molecule has 0 unspecified atom stereocenters. The first kappa shape index (κ1) is 13.9. The van der Waals surface area contributed by atoms with Gasteiger partial charge < -0.3 is 4.90 Å². The fourth-order valence-electron chi connectivity index (χ4n) is 3.79. The van der Waals surface area contributed by atoms with Crippen LogP contribution in [0.25, 0.3) is 0 Å². The van der Waals surface area contributed by atoms with Crippen molar-refractivity contribution in [3.8, 4) is 0 Å². The van der Waals surface area contributed by atoms with Gasteiger partial charge in [0.2, 0.25) is 0 Å². The first-order chi connectivity index (χ1) is 10.8. The van der Waals surface area contributed by atoms with Crippen LogP contribution in [0.1, 0.15) is 47.8 Å². The summed E-state index contributed by atoms with van der Waals surface area (Å²) >= 11 is 5.83. The normalized spacial score (nSPS) is 16.6. The zero-order valence-electron chi connectivity index (χ0n) is 12.9. The van der Waals surface area contributed by atoms with Crippen molar-refractivity contribution >= 4 is 22.9 Å². The molecule has 2 aromatic rings. The molecule has 0 saturated carbocycles. The molecule has 1 aromatic heterocycles. The first-order valence-electron chi connectivity index (χ1n) is 8.20. The van der Waals surface area contributed by atoms with Gasteiger partial charge in [0, 0.05) is 16.9 Å². The van der Waals surface area contributed by atoms with Crippen LogP contribution in [-0.2, 0) is 25.8 Å². The van der Waals surface area contributed by atoms with Crippen LogP contribution in [0.4, 0.5) is 5.69 Å². The molecule has 2 nitrogen and oxygen atoms in total. The third-order valence-corrected chi connectivity index (χ3v) is 5.27. The van der Waals surface area contributed by atoms with Gasteiger partial charge in [0.1, 0.15) is 4.99 Å². The van der Waals surface area contributed by atoms with Gasteiger partial charge in [-0.1, -0.05) is 37.3 Å². The van der Waals surface area contributed by atoms with Gasteiger partial charge in [-0.05, 0) is 55.4 Å². The lowest BCUT2D eigenvalue weighted by molar-refractivity contribution is 0.669. The van der Waals surface area contributed by atoms with Crippen molar-refractivity contribution in [2.24, 2.45) is 0 Å². The molecule has 0 spiro atoms. The van der Waals surface area contributed by atoms with Gasteiger partial charge >= 0.3 is 0 Å². The van der Waals surface area contributed by atoms with Crippen LogP contribution in [0, 0.1) is 0 Å². The molecule has 2 aliphatic rings. The molecule has 2 heterocycles. The number of rotatable bonds is 2. The summed E-state index contributed by atoms with van der Waals surface area (Å²) in [6.45, 7) is 3.03. The lowest BCUT2D eigenvalue weighted by Crippen LogP contribution is -2.23. The molecule has 0 radical (unpaired) electrons. The van der Waals surface area contributed by atoms with Crippen LogP contribution in [0.15, 0.2) is 30.3 Å². The standard InChI is InChI=1S/C19H20N2S/c1-2-16-14-10-6-7-11-15(14)18-17(20-16)12-21(19(18)22)13-8-4-3-5-9-13/h3-5,8-9H,2,6-7,10-12H2,1H3. The minimum atomic E-state index is 0.818. The van der Waals surface area contributed by atoms with E-state index in [9.17, 15) is 0 Å². The van der Waals surface area contributed by atoms with E-state index in [-0.39, 0.29) is 0 Å². The number of aromatic nitrogens is 1. The fraction of sp³-hybridized carbons (Fsp3) is 0.368. The molecule has 0 bridgehead atoms. The summed E-state index contributed by atoms with van der Waals surface area (Å²) in [6, 6.07) is 10.4. The van der Waals surface area contributed by atoms with Crippen LogP contribution in [0.5, 0.6) is 0 Å². The molecular formula is C19H20N2S. The lowest BCUT2D eigenvalue weighted by atomic mass is 9.86. The van der Waals surface area contributed by atoms with Crippen LogP contribution in [-0.4, -0.2) is 9.97 Å². The summed E-state index contributed by atoms with van der Waals surface area (Å²) < 4.78 is 0. The topological polar surface area (TPSA) is 16.1 Å². The summed E-state index contributed by atoms with van der Waals surface area (Å²) in [4.78, 5) is 8.19. The number of benzene rings is 1. The van der Waals surface area contributed by atoms with Crippen molar-refractivity contribution in [1.29, 1.82) is 0 Å². The zero-order valence-corrected chi connectivity index (χ0v) is 13.7. The molecule has 0 atom stereocenters. The van der Waals surface area contributed by atoms with Gasteiger partial charge in [0.15, 0.2) is 0 Å². The molecule has 0 fully saturated rings. The van der Waals surface area contributed by atoms with Gasteiger partial charge in [0.25, 0.3) is 0 Å². The van der Waals surface area contributed by atoms with Crippen molar-refractivity contribution in [3.63, 3.8) is 0 Å². The van der Waals surface area contributed by atoms with E-state index < -0.39 is 0 Å². The largest absolute Gasteiger partial charge is 0.326 e. The van der Waals surface area contributed by atoms with E-state index >= 15 is 0 Å². The molecule has 0 saturated heterocycles. The summed E-state index contributed by atoms with van der Waals surface area (Å²) in [7, 11) is 0. The Kier molecular flexibility index (Phi) is 3.45. The molecule has 1 aliphatic carbocycles. The van der Waals surface area contributed by atoms with Gasteiger partial charge in [-0.15, -0.1) is 0 Å². The van der Waals surface area contributed by atoms with Crippen molar-refractivity contribution in [1.82, 2.24) is 4.98 Å². The Bertz CT molecular complexity index is 737. The highest BCUT2D eigenvalue weighted by molar-refractivity contribution is 7.81. The lowest BCUT2D eigenvalue weighted by Gasteiger charge is -2.22. The van der Waals surface area contributed by atoms with E-state index in [2.05, 4.69) is 36.1 Å². The summed E-state index contributed by atoms with van der Waals surface area (Å²) in [5, 5.41) is 0. The maximum absolute atomic E-state index is 5.83. The van der Waals surface area contributed by atoms with Crippen molar-refractivity contribution in [3.05, 3.63) is 58.4 Å². The molecule has 3 heteroatoms. The van der Waals surface area contributed by atoms with Crippen LogP contribution in [0.2, 0.25) is 0 Å². The van der Waals surface area contributed by atoms with E-state index in [1.165, 1.54) is 53.0 Å². The summed E-state index contributed by atoms with van der Waals surface area (Å²) in [5.41, 5.74) is 7.91. The predicted octanol–water partition coefficient (Wildman–Crippen LogP) is 4.22. The molecule has 4 rings (SSSR count). The third-order valence-electron chi connectivity index (χ3n) is 4.85. The average Bonchev–Trinajstić information content (AvgIpc) is 2.92. The van der Waals surface area contributed by atoms with Gasteiger partial charge in [-0.25, -0.2) is 0 Å². The number of aryl methyl sites for hydroxylation is 1. The van der Waals surface area contributed by atoms with E-state index in [1.54, 1.807) is 0 Å². The van der Waals surface area contributed by atoms with Crippen LogP contribution in [0.3, 0.4) is 0 Å². The van der Waals surface area contributed by atoms with Gasteiger partial charge in [-0.3, -0.25) is 4.98 Å². The molecule has 1 aromatic carbocycles. The number of hydrogen-bond donors (Lipinski definition) is 0. The maximum Gasteiger partial charge on any atom is 0.116 e. The Morgan fingerprint density at radius 1 is 1.09 bits per heavy atom. The number of thiocarbonyl (C=S) groups is 1. The highest BCUT2D eigenvalue weighted by atomic mass is 32.1.